The Morgan fingerprint density at radius 2 is 2.00 bits per heavy atom. The zero-order valence-corrected chi connectivity index (χ0v) is 6.94. The standard InChI is InChI=1S/C11H12O/c1-2-9-12-10-8-11-6-4-3-5-7-11/h2-8,10H,1,9H2/b10-8+. The van der Waals surface area contributed by atoms with E-state index in [0.717, 1.165) is 5.56 Å². The quantitative estimate of drug-likeness (QED) is 0.374. The van der Waals surface area contributed by atoms with Gasteiger partial charge in [0.2, 0.25) is 0 Å². The molecule has 0 fully saturated rings. The van der Waals surface area contributed by atoms with Crippen molar-refractivity contribution in [1.29, 1.82) is 0 Å². The van der Waals surface area contributed by atoms with Gasteiger partial charge in [-0.1, -0.05) is 43.0 Å². The molecule has 1 aromatic carbocycles. The molecule has 0 saturated carbocycles. The second kappa shape index (κ2) is 5.19. The Hall–Kier alpha value is -1.50. The fraction of sp³-hybridized carbons (Fsp3) is 0.0909. The van der Waals surface area contributed by atoms with Crippen LogP contribution in [0.4, 0.5) is 0 Å². The first-order valence-electron chi connectivity index (χ1n) is 3.87. The fourth-order valence-corrected chi connectivity index (χ4v) is 0.814. The molecule has 0 bridgehead atoms. The molecule has 1 nitrogen and oxygen atoms in total. The fourth-order valence-electron chi connectivity index (χ4n) is 0.814. The predicted molar refractivity (Wildman–Crippen MR) is 51.6 cm³/mol. The third-order valence-corrected chi connectivity index (χ3v) is 1.37. The van der Waals surface area contributed by atoms with Crippen LogP contribution in [0.1, 0.15) is 5.56 Å². The minimum absolute atomic E-state index is 0.559. The summed E-state index contributed by atoms with van der Waals surface area (Å²) in [6.45, 7) is 4.11. The Kier molecular flexibility index (Phi) is 3.72. The van der Waals surface area contributed by atoms with Crippen molar-refractivity contribution >= 4 is 6.08 Å². The molecule has 0 aliphatic heterocycles. The molecule has 12 heavy (non-hydrogen) atoms. The Morgan fingerprint density at radius 3 is 2.67 bits per heavy atom. The summed E-state index contributed by atoms with van der Waals surface area (Å²) in [5.74, 6) is 0. The molecule has 1 rings (SSSR count). The molecular formula is C11H12O. The predicted octanol–water partition coefficient (Wildman–Crippen LogP) is 2.86. The summed E-state index contributed by atoms with van der Waals surface area (Å²) in [5.41, 5.74) is 1.14. The average molecular weight is 160 g/mol. The van der Waals surface area contributed by atoms with Crippen molar-refractivity contribution in [3.8, 4) is 0 Å². The highest BCUT2D eigenvalue weighted by atomic mass is 16.5. The van der Waals surface area contributed by atoms with Crippen LogP contribution in [0.2, 0.25) is 0 Å². The number of hydrogen-bond acceptors (Lipinski definition) is 1. The lowest BCUT2D eigenvalue weighted by atomic mass is 10.2. The Bertz CT molecular complexity index is 249. The van der Waals surface area contributed by atoms with Crippen molar-refractivity contribution in [2.45, 2.75) is 0 Å². The van der Waals surface area contributed by atoms with Crippen LogP contribution in [-0.2, 0) is 4.74 Å². The molecule has 0 aliphatic carbocycles. The molecular weight excluding hydrogens is 148 g/mol. The summed E-state index contributed by atoms with van der Waals surface area (Å²) in [6.07, 6.45) is 5.32. The molecule has 0 atom stereocenters. The molecule has 0 radical (unpaired) electrons. The van der Waals surface area contributed by atoms with Gasteiger partial charge in [0.25, 0.3) is 0 Å². The zero-order chi connectivity index (χ0) is 8.65. The van der Waals surface area contributed by atoms with E-state index < -0.39 is 0 Å². The van der Waals surface area contributed by atoms with Gasteiger partial charge >= 0.3 is 0 Å². The molecule has 0 aliphatic rings. The zero-order valence-electron chi connectivity index (χ0n) is 6.94. The molecule has 0 aromatic heterocycles. The Morgan fingerprint density at radius 1 is 1.25 bits per heavy atom. The summed E-state index contributed by atoms with van der Waals surface area (Å²) in [5, 5.41) is 0. The van der Waals surface area contributed by atoms with Gasteiger partial charge in [0.05, 0.1) is 6.26 Å². The van der Waals surface area contributed by atoms with Crippen molar-refractivity contribution in [1.82, 2.24) is 0 Å². The van der Waals surface area contributed by atoms with Gasteiger partial charge in [-0.05, 0) is 11.6 Å². The van der Waals surface area contributed by atoms with Crippen molar-refractivity contribution in [3.63, 3.8) is 0 Å². The molecule has 0 amide bonds. The first-order chi connectivity index (χ1) is 5.93. The van der Waals surface area contributed by atoms with E-state index in [0.29, 0.717) is 6.61 Å². The molecule has 0 spiro atoms. The highest BCUT2D eigenvalue weighted by Gasteiger charge is 1.80. The van der Waals surface area contributed by atoms with Crippen molar-refractivity contribution in [2.24, 2.45) is 0 Å². The summed E-state index contributed by atoms with van der Waals surface area (Å²) >= 11 is 0. The van der Waals surface area contributed by atoms with E-state index in [-0.39, 0.29) is 0 Å². The molecule has 1 heteroatoms. The normalized spacial score (nSPS) is 10.0. The summed E-state index contributed by atoms with van der Waals surface area (Å²) in [7, 11) is 0. The maximum atomic E-state index is 5.09. The van der Waals surface area contributed by atoms with Crippen LogP contribution in [0.25, 0.3) is 6.08 Å². The second-order valence-electron chi connectivity index (χ2n) is 2.34. The molecule has 0 heterocycles. The van der Waals surface area contributed by atoms with E-state index in [1.165, 1.54) is 0 Å². The highest BCUT2D eigenvalue weighted by Crippen LogP contribution is 2.00. The first-order valence-corrected chi connectivity index (χ1v) is 3.87. The summed E-state index contributed by atoms with van der Waals surface area (Å²) < 4.78 is 5.09. The van der Waals surface area contributed by atoms with Gasteiger partial charge in [-0.2, -0.15) is 0 Å². The van der Waals surface area contributed by atoms with Gasteiger partial charge < -0.3 is 4.74 Å². The average Bonchev–Trinajstić information content (AvgIpc) is 2.14. The van der Waals surface area contributed by atoms with E-state index in [4.69, 9.17) is 4.74 Å². The molecule has 62 valence electrons. The third-order valence-electron chi connectivity index (χ3n) is 1.37. The minimum atomic E-state index is 0.559. The SMILES string of the molecule is C=CCO/C=C/c1ccccc1. The Labute approximate surface area is 73.0 Å². The maximum Gasteiger partial charge on any atom is 0.105 e. The van der Waals surface area contributed by atoms with Gasteiger partial charge in [-0.3, -0.25) is 0 Å². The summed E-state index contributed by atoms with van der Waals surface area (Å²) in [4.78, 5) is 0. The monoisotopic (exact) mass is 160 g/mol. The molecule has 0 saturated heterocycles. The van der Waals surface area contributed by atoms with Crippen LogP contribution < -0.4 is 0 Å². The topological polar surface area (TPSA) is 9.23 Å². The lowest BCUT2D eigenvalue weighted by Crippen LogP contribution is -1.78. The van der Waals surface area contributed by atoms with Gasteiger partial charge in [-0.15, -0.1) is 0 Å². The van der Waals surface area contributed by atoms with Crippen molar-refractivity contribution < 1.29 is 4.74 Å². The lowest BCUT2D eigenvalue weighted by molar-refractivity contribution is 0.293. The van der Waals surface area contributed by atoms with Gasteiger partial charge in [-0.25, -0.2) is 0 Å². The number of ether oxygens (including phenoxy) is 1. The van der Waals surface area contributed by atoms with E-state index >= 15 is 0 Å². The first kappa shape index (κ1) is 8.60. The van der Waals surface area contributed by atoms with E-state index in [1.54, 1.807) is 12.3 Å². The summed E-state index contributed by atoms with van der Waals surface area (Å²) in [6, 6.07) is 10.0. The van der Waals surface area contributed by atoms with Gasteiger partial charge in [0.1, 0.15) is 6.61 Å². The largest absolute Gasteiger partial charge is 0.497 e. The Balaban J connectivity index is 2.41. The smallest absolute Gasteiger partial charge is 0.105 e. The van der Waals surface area contributed by atoms with Crippen LogP contribution in [0.15, 0.2) is 49.2 Å². The van der Waals surface area contributed by atoms with Crippen LogP contribution in [-0.4, -0.2) is 6.61 Å². The van der Waals surface area contributed by atoms with Gasteiger partial charge in [0.15, 0.2) is 0 Å². The third kappa shape index (κ3) is 3.06. The highest BCUT2D eigenvalue weighted by molar-refractivity contribution is 5.47. The van der Waals surface area contributed by atoms with E-state index in [1.807, 2.05) is 36.4 Å². The van der Waals surface area contributed by atoms with Crippen LogP contribution in [0, 0.1) is 0 Å². The van der Waals surface area contributed by atoms with Crippen LogP contribution in [0.5, 0.6) is 0 Å². The molecule has 0 unspecified atom stereocenters. The van der Waals surface area contributed by atoms with E-state index in [9.17, 15) is 0 Å². The van der Waals surface area contributed by atoms with Gasteiger partial charge in [0, 0.05) is 0 Å². The molecule has 1 aromatic rings. The maximum absolute atomic E-state index is 5.09. The number of hydrogen-bond donors (Lipinski definition) is 0. The van der Waals surface area contributed by atoms with E-state index in [2.05, 4.69) is 6.58 Å². The van der Waals surface area contributed by atoms with Crippen molar-refractivity contribution in [2.75, 3.05) is 6.61 Å². The van der Waals surface area contributed by atoms with Crippen molar-refractivity contribution in [3.05, 3.63) is 54.8 Å². The number of benzene rings is 1. The van der Waals surface area contributed by atoms with Crippen LogP contribution in [0.3, 0.4) is 0 Å². The van der Waals surface area contributed by atoms with Crippen LogP contribution >= 0.6 is 0 Å². The second-order valence-corrected chi connectivity index (χ2v) is 2.34. The lowest BCUT2D eigenvalue weighted by Gasteiger charge is -1.93. The minimum Gasteiger partial charge on any atom is -0.497 e. The molecule has 0 N–H and O–H groups in total. The number of rotatable bonds is 4.